The Labute approximate surface area is 72.4 Å². The molecule has 0 aliphatic carbocycles. The van der Waals surface area contributed by atoms with E-state index in [2.05, 4.69) is 34.6 Å². The minimum Gasteiger partial charge on any atom is -0.0654 e. The topological polar surface area (TPSA) is 0 Å². The first-order chi connectivity index (χ1) is 5.02. The van der Waals surface area contributed by atoms with E-state index >= 15 is 0 Å². The molecule has 0 aliphatic rings. The average molecular weight is 155 g/mol. The van der Waals surface area contributed by atoms with Gasteiger partial charge >= 0.3 is 0 Å². The monoisotopic (exact) mass is 155 g/mol. The Morgan fingerprint density at radius 2 is 1.27 bits per heavy atom. The van der Waals surface area contributed by atoms with E-state index in [0.29, 0.717) is 5.41 Å². The van der Waals surface area contributed by atoms with Crippen molar-refractivity contribution in [3.05, 3.63) is 5.92 Å². The summed E-state index contributed by atoms with van der Waals surface area (Å²) in [7, 11) is 0. The van der Waals surface area contributed by atoms with Crippen LogP contribution >= 0.6 is 0 Å². The van der Waals surface area contributed by atoms with Gasteiger partial charge in [0.05, 0.1) is 0 Å². The van der Waals surface area contributed by atoms with Crippen LogP contribution in [0.4, 0.5) is 0 Å². The second-order valence-corrected chi connectivity index (χ2v) is 4.35. The molecule has 0 aliphatic heterocycles. The fourth-order valence-corrected chi connectivity index (χ4v) is 1.48. The average Bonchev–Trinajstić information content (AvgIpc) is 1.85. The summed E-state index contributed by atoms with van der Waals surface area (Å²) in [5.74, 6) is 1.74. The Kier molecular flexibility index (Phi) is 4.79. The first-order valence-corrected chi connectivity index (χ1v) is 4.87. The van der Waals surface area contributed by atoms with Gasteiger partial charge in [-0.2, -0.15) is 0 Å². The van der Waals surface area contributed by atoms with Crippen LogP contribution in [0.2, 0.25) is 0 Å². The lowest BCUT2D eigenvalue weighted by atomic mass is 9.76. The molecule has 0 heterocycles. The van der Waals surface area contributed by atoms with Crippen LogP contribution < -0.4 is 0 Å². The SMILES string of the molecule is CCC[C](CCC)C(C)(C)C. The molecule has 67 valence electrons. The highest BCUT2D eigenvalue weighted by atomic mass is 14.3. The number of hydrogen-bond acceptors (Lipinski definition) is 0. The molecule has 1 radical (unpaired) electrons. The molecule has 11 heavy (non-hydrogen) atoms. The lowest BCUT2D eigenvalue weighted by Crippen LogP contribution is -2.17. The normalized spacial score (nSPS) is 12.5. The molecule has 0 atom stereocenters. The molecule has 0 fully saturated rings. The van der Waals surface area contributed by atoms with Gasteiger partial charge in [0.2, 0.25) is 0 Å². The molecule has 0 N–H and O–H groups in total. The summed E-state index contributed by atoms with van der Waals surface area (Å²) in [5.41, 5.74) is 0.437. The van der Waals surface area contributed by atoms with Crippen molar-refractivity contribution in [3.63, 3.8) is 0 Å². The van der Waals surface area contributed by atoms with Crippen molar-refractivity contribution in [1.82, 2.24) is 0 Å². The fourth-order valence-electron chi connectivity index (χ4n) is 1.48. The lowest BCUT2D eigenvalue weighted by Gasteiger charge is -2.29. The van der Waals surface area contributed by atoms with Crippen molar-refractivity contribution in [3.8, 4) is 0 Å². The van der Waals surface area contributed by atoms with Gasteiger partial charge in [0, 0.05) is 0 Å². The molecule has 0 rings (SSSR count). The van der Waals surface area contributed by atoms with Crippen LogP contribution in [-0.4, -0.2) is 0 Å². The predicted octanol–water partition coefficient (Wildman–Crippen LogP) is 4.21. The summed E-state index contributed by atoms with van der Waals surface area (Å²) in [6.07, 6.45) is 5.23. The standard InChI is InChI=1S/C11H23/c1-6-8-10(9-7-2)11(3,4)5/h6-9H2,1-5H3. The van der Waals surface area contributed by atoms with E-state index in [4.69, 9.17) is 0 Å². The third-order valence-electron chi connectivity index (χ3n) is 2.16. The van der Waals surface area contributed by atoms with Crippen molar-refractivity contribution in [2.45, 2.75) is 60.3 Å². The van der Waals surface area contributed by atoms with Crippen LogP contribution in [0.25, 0.3) is 0 Å². The Morgan fingerprint density at radius 3 is 1.45 bits per heavy atom. The summed E-state index contributed by atoms with van der Waals surface area (Å²) in [5, 5.41) is 0. The Morgan fingerprint density at radius 1 is 0.909 bits per heavy atom. The maximum atomic E-state index is 2.33. The van der Waals surface area contributed by atoms with Gasteiger partial charge in [-0.25, -0.2) is 0 Å². The molecule has 0 saturated heterocycles. The maximum absolute atomic E-state index is 2.33. The molecular weight excluding hydrogens is 132 g/mol. The smallest absolute Gasteiger partial charge is 0.0188 e. The van der Waals surface area contributed by atoms with Crippen molar-refractivity contribution >= 4 is 0 Å². The molecule has 0 aromatic carbocycles. The van der Waals surface area contributed by atoms with E-state index in [1.54, 1.807) is 5.92 Å². The third kappa shape index (κ3) is 4.44. The molecule has 0 bridgehead atoms. The highest BCUT2D eigenvalue weighted by Gasteiger charge is 2.22. The van der Waals surface area contributed by atoms with Gasteiger partial charge in [0.1, 0.15) is 0 Å². The van der Waals surface area contributed by atoms with Gasteiger partial charge in [0.15, 0.2) is 0 Å². The van der Waals surface area contributed by atoms with Gasteiger partial charge in [0.25, 0.3) is 0 Å². The van der Waals surface area contributed by atoms with Gasteiger partial charge in [-0.1, -0.05) is 47.5 Å². The van der Waals surface area contributed by atoms with E-state index in [1.165, 1.54) is 25.7 Å². The molecule has 0 unspecified atom stereocenters. The zero-order valence-corrected chi connectivity index (χ0v) is 8.83. The van der Waals surface area contributed by atoms with Crippen LogP contribution in [0.1, 0.15) is 60.3 Å². The molecule has 0 amide bonds. The second kappa shape index (κ2) is 4.79. The first kappa shape index (κ1) is 11.0. The summed E-state index contributed by atoms with van der Waals surface area (Å²) in [4.78, 5) is 0. The zero-order valence-electron chi connectivity index (χ0n) is 8.83. The number of rotatable bonds is 4. The van der Waals surface area contributed by atoms with Crippen molar-refractivity contribution in [1.29, 1.82) is 0 Å². The Hall–Kier alpha value is 0. The molecule has 0 spiro atoms. The van der Waals surface area contributed by atoms with Crippen LogP contribution in [-0.2, 0) is 0 Å². The van der Waals surface area contributed by atoms with E-state index in [-0.39, 0.29) is 0 Å². The first-order valence-electron chi connectivity index (χ1n) is 4.87. The van der Waals surface area contributed by atoms with Gasteiger partial charge in [-0.05, 0) is 24.2 Å². The molecule has 0 nitrogen and oxygen atoms in total. The minimum atomic E-state index is 0.437. The van der Waals surface area contributed by atoms with Crippen LogP contribution in [0.15, 0.2) is 0 Å². The van der Waals surface area contributed by atoms with Crippen molar-refractivity contribution < 1.29 is 0 Å². The highest BCUT2D eigenvalue weighted by molar-refractivity contribution is 4.99. The van der Waals surface area contributed by atoms with Gasteiger partial charge < -0.3 is 0 Å². The zero-order chi connectivity index (χ0) is 8.91. The molecular formula is C11H23. The quantitative estimate of drug-likeness (QED) is 0.570. The summed E-state index contributed by atoms with van der Waals surface area (Å²) in [6, 6.07) is 0. The van der Waals surface area contributed by atoms with Crippen molar-refractivity contribution in [2.24, 2.45) is 5.41 Å². The van der Waals surface area contributed by atoms with E-state index in [1.807, 2.05) is 0 Å². The highest BCUT2D eigenvalue weighted by Crippen LogP contribution is 2.35. The number of hydrogen-bond donors (Lipinski definition) is 0. The minimum absolute atomic E-state index is 0.437. The van der Waals surface area contributed by atoms with Crippen LogP contribution in [0, 0.1) is 11.3 Å². The van der Waals surface area contributed by atoms with Gasteiger partial charge in [-0.3, -0.25) is 0 Å². The molecule has 0 saturated carbocycles. The van der Waals surface area contributed by atoms with E-state index < -0.39 is 0 Å². The third-order valence-corrected chi connectivity index (χ3v) is 2.16. The summed E-state index contributed by atoms with van der Waals surface area (Å²) >= 11 is 0. The lowest BCUT2D eigenvalue weighted by molar-refractivity contribution is 0.379. The van der Waals surface area contributed by atoms with Crippen LogP contribution in [0.5, 0.6) is 0 Å². The van der Waals surface area contributed by atoms with Gasteiger partial charge in [-0.15, -0.1) is 0 Å². The molecule has 0 heteroatoms. The Bertz CT molecular complexity index is 80.7. The van der Waals surface area contributed by atoms with Crippen molar-refractivity contribution in [2.75, 3.05) is 0 Å². The Balaban J connectivity index is 3.88. The van der Waals surface area contributed by atoms with E-state index in [0.717, 1.165) is 0 Å². The van der Waals surface area contributed by atoms with E-state index in [9.17, 15) is 0 Å². The summed E-state index contributed by atoms with van der Waals surface area (Å²) < 4.78 is 0. The predicted molar refractivity (Wildman–Crippen MR) is 52.5 cm³/mol. The second-order valence-electron chi connectivity index (χ2n) is 4.35. The summed E-state index contributed by atoms with van der Waals surface area (Å²) in [6.45, 7) is 11.5. The van der Waals surface area contributed by atoms with Crippen LogP contribution in [0.3, 0.4) is 0 Å². The molecule has 0 aromatic heterocycles. The fraction of sp³-hybridized carbons (Fsp3) is 0.909. The molecule has 0 aromatic rings. The maximum Gasteiger partial charge on any atom is -0.0188 e. The largest absolute Gasteiger partial charge is 0.0654 e.